The van der Waals surface area contributed by atoms with Gasteiger partial charge in [0, 0.05) is 29.0 Å². The van der Waals surface area contributed by atoms with Gasteiger partial charge in [-0.2, -0.15) is 13.2 Å². The van der Waals surface area contributed by atoms with Gasteiger partial charge in [0.1, 0.15) is 0 Å². The Morgan fingerprint density at radius 1 is 1.12 bits per heavy atom. The average Bonchev–Trinajstić information content (AvgIpc) is 2.74. The van der Waals surface area contributed by atoms with E-state index in [4.69, 9.17) is 24.6 Å². The molecule has 1 heterocycles. The minimum absolute atomic E-state index is 0.303. The van der Waals surface area contributed by atoms with Crippen molar-refractivity contribution >= 4 is 42.3 Å². The van der Waals surface area contributed by atoms with Crippen molar-refractivity contribution in [3.63, 3.8) is 0 Å². The zero-order valence-electron chi connectivity index (χ0n) is 11.7. The van der Waals surface area contributed by atoms with Crippen LogP contribution in [0.3, 0.4) is 0 Å². The molecule has 2 aromatic rings. The molecule has 0 amide bonds. The maximum absolute atomic E-state index is 12.9. The van der Waals surface area contributed by atoms with Gasteiger partial charge in [0.2, 0.25) is 0 Å². The summed E-state index contributed by atoms with van der Waals surface area (Å²) in [6.07, 6.45) is 0.412. The van der Waals surface area contributed by atoms with Crippen molar-refractivity contribution in [1.82, 2.24) is 0 Å². The highest BCUT2D eigenvalue weighted by Gasteiger charge is 2.47. The van der Waals surface area contributed by atoms with E-state index in [0.29, 0.717) is 26.4 Å². The molecule has 3 nitrogen and oxygen atoms in total. The van der Waals surface area contributed by atoms with Crippen LogP contribution >= 0.6 is 22.1 Å². The second kappa shape index (κ2) is 7.06. The van der Waals surface area contributed by atoms with E-state index in [1.54, 1.807) is 25.1 Å². The molecule has 1 aromatic carbocycles. The molecule has 2 rings (SSSR count). The van der Waals surface area contributed by atoms with E-state index in [0.717, 1.165) is 0 Å². The molecule has 0 saturated heterocycles. The summed E-state index contributed by atoms with van der Waals surface area (Å²) in [6.45, 7) is 1.74. The van der Waals surface area contributed by atoms with Crippen molar-refractivity contribution in [2.24, 2.45) is 0 Å². The van der Waals surface area contributed by atoms with Gasteiger partial charge in [-0.3, -0.25) is 0 Å². The van der Waals surface area contributed by atoms with Crippen molar-refractivity contribution in [1.29, 1.82) is 0 Å². The molecule has 1 unspecified atom stereocenters. The molecule has 0 aliphatic carbocycles. The quantitative estimate of drug-likeness (QED) is 0.274. The molecule has 24 heavy (non-hydrogen) atoms. The molecule has 0 N–H and O–H groups in total. The first-order chi connectivity index (χ1) is 10.7. The van der Waals surface area contributed by atoms with E-state index in [-0.39, 0.29) is 0 Å². The number of rotatable bonds is 1. The third-order valence-corrected chi connectivity index (χ3v) is 5.63. The summed E-state index contributed by atoms with van der Waals surface area (Å²) >= 11 is 5.74. The summed E-state index contributed by atoms with van der Waals surface area (Å²) in [5, 5.41) is 0.994. The third-order valence-electron chi connectivity index (χ3n) is 2.64. The summed E-state index contributed by atoms with van der Waals surface area (Å²) in [7, 11) is -7.88. The standard InChI is InChI=1S/C11H9ClF3S.CHF3O3S/c1-2-9-5-7-3-4-8(12)6-10(7)16(9)11(13,14)15;2-1(3,4)8(5,6)7/h3-6H,2H2,1H3;(H,5,6,7)/q+1;/p-1. The topological polar surface area (TPSA) is 57.2 Å². The molecule has 0 spiro atoms. The van der Waals surface area contributed by atoms with Gasteiger partial charge < -0.3 is 4.55 Å². The normalized spacial score (nSPS) is 13.6. The Morgan fingerprint density at radius 2 is 1.62 bits per heavy atom. The smallest absolute Gasteiger partial charge is 0.600 e. The maximum Gasteiger partial charge on any atom is 0.600 e. The lowest BCUT2D eigenvalue weighted by Crippen LogP contribution is -2.21. The highest BCUT2D eigenvalue weighted by atomic mass is 35.5. The molecular weight excluding hydrogens is 406 g/mol. The predicted molar refractivity (Wildman–Crippen MR) is 77.9 cm³/mol. The minimum atomic E-state index is -6.09. The lowest BCUT2D eigenvalue weighted by atomic mass is 10.2. The fraction of sp³-hybridized carbons (Fsp3) is 0.333. The highest BCUT2D eigenvalue weighted by molar-refractivity contribution is 7.86. The third kappa shape index (κ3) is 4.98. The van der Waals surface area contributed by atoms with Gasteiger partial charge >= 0.3 is 11.0 Å². The second-order valence-corrected chi connectivity index (χ2v) is 8.15. The van der Waals surface area contributed by atoms with Crippen LogP contribution in [0.1, 0.15) is 11.8 Å². The molecule has 0 radical (unpaired) electrons. The molecule has 0 bridgehead atoms. The van der Waals surface area contributed by atoms with Crippen LogP contribution in [-0.4, -0.2) is 18.5 Å². The fourth-order valence-electron chi connectivity index (χ4n) is 1.70. The summed E-state index contributed by atoms with van der Waals surface area (Å²) in [4.78, 5) is 0.435. The van der Waals surface area contributed by atoms with Gasteiger partial charge in [0.15, 0.2) is 19.7 Å². The lowest BCUT2D eigenvalue weighted by molar-refractivity contribution is -0.0867. The number of thiophene rings is 1. The number of halogens is 7. The van der Waals surface area contributed by atoms with Gasteiger partial charge in [-0.25, -0.2) is 8.42 Å². The first-order valence-corrected chi connectivity index (χ1v) is 9.03. The van der Waals surface area contributed by atoms with Crippen molar-refractivity contribution in [2.75, 3.05) is 0 Å². The van der Waals surface area contributed by atoms with Crippen LogP contribution in [0.5, 0.6) is 0 Å². The molecule has 1 atom stereocenters. The van der Waals surface area contributed by atoms with Crippen molar-refractivity contribution in [3.05, 3.63) is 34.2 Å². The number of alkyl halides is 6. The summed E-state index contributed by atoms with van der Waals surface area (Å²) in [5.41, 5.74) is -9.86. The zero-order valence-corrected chi connectivity index (χ0v) is 14.1. The van der Waals surface area contributed by atoms with Gasteiger partial charge in [-0.15, -0.1) is 13.2 Å². The Balaban J connectivity index is 0.000000307. The molecule has 1 aromatic heterocycles. The van der Waals surface area contributed by atoms with E-state index in [2.05, 4.69) is 0 Å². The predicted octanol–water partition coefficient (Wildman–Crippen LogP) is 5.33. The average molecular weight is 415 g/mol. The molecule has 0 aliphatic rings. The van der Waals surface area contributed by atoms with E-state index in [9.17, 15) is 26.3 Å². The van der Waals surface area contributed by atoms with Crippen LogP contribution in [0.2, 0.25) is 5.02 Å². The number of benzene rings is 1. The summed E-state index contributed by atoms with van der Waals surface area (Å²) in [6, 6.07) is 6.31. The van der Waals surface area contributed by atoms with E-state index >= 15 is 0 Å². The summed E-state index contributed by atoms with van der Waals surface area (Å²) < 4.78 is 98.0. The Kier molecular flexibility index (Phi) is 6.18. The van der Waals surface area contributed by atoms with Crippen LogP contribution in [0.15, 0.2) is 24.3 Å². The molecule has 0 aliphatic heterocycles. The van der Waals surface area contributed by atoms with Gasteiger partial charge in [0.25, 0.3) is 0 Å². The van der Waals surface area contributed by atoms with Crippen LogP contribution in [0.4, 0.5) is 26.3 Å². The molecule has 136 valence electrons. The zero-order chi connectivity index (χ0) is 18.9. The second-order valence-electron chi connectivity index (χ2n) is 4.30. The Labute approximate surface area is 140 Å². The first-order valence-electron chi connectivity index (χ1n) is 6.02. The van der Waals surface area contributed by atoms with Crippen molar-refractivity contribution < 1.29 is 39.3 Å². The van der Waals surface area contributed by atoms with E-state index in [1.807, 2.05) is 0 Å². The lowest BCUT2D eigenvalue weighted by Gasteiger charge is -2.08. The van der Waals surface area contributed by atoms with Crippen molar-refractivity contribution in [3.8, 4) is 0 Å². The number of aryl methyl sites for hydroxylation is 1. The van der Waals surface area contributed by atoms with E-state index < -0.39 is 31.6 Å². The highest BCUT2D eigenvalue weighted by Crippen LogP contribution is 2.51. The monoisotopic (exact) mass is 414 g/mol. The van der Waals surface area contributed by atoms with Gasteiger partial charge in [0.05, 0.1) is 10.5 Å². The van der Waals surface area contributed by atoms with Crippen LogP contribution in [-0.2, 0) is 22.0 Å². The molecule has 12 heteroatoms. The molecular formula is C12H9ClF6O3S2. The summed E-state index contributed by atoms with van der Waals surface area (Å²) in [5.74, 6) is 0. The maximum atomic E-state index is 12.9. The minimum Gasteiger partial charge on any atom is -0.741 e. The van der Waals surface area contributed by atoms with Gasteiger partial charge in [-0.05, 0) is 12.1 Å². The SMILES string of the molecule is CCc1cc2ccc(Cl)cc2[s+]1C(F)(F)F.O=S(=O)([O-])C(F)(F)F. The van der Waals surface area contributed by atoms with Crippen LogP contribution in [0, 0.1) is 0 Å². The first kappa shape index (κ1) is 21.0. The van der Waals surface area contributed by atoms with Crippen LogP contribution < -0.4 is 0 Å². The number of hydrogen-bond acceptors (Lipinski definition) is 3. The Morgan fingerprint density at radius 3 is 2.00 bits per heavy atom. The Hall–Kier alpha value is -1.04. The van der Waals surface area contributed by atoms with Crippen molar-refractivity contribution in [2.45, 2.75) is 24.4 Å². The molecule has 0 saturated carbocycles. The molecule has 0 fully saturated rings. The van der Waals surface area contributed by atoms with E-state index in [1.165, 1.54) is 6.07 Å². The largest absolute Gasteiger partial charge is 0.741 e. The van der Waals surface area contributed by atoms with Gasteiger partial charge in [-0.1, -0.05) is 18.5 Å². The fourth-order valence-corrected chi connectivity index (χ4v) is 3.90. The number of fused-ring (bicyclic) bond motifs is 1. The Bertz CT molecular complexity index is 824. The van der Waals surface area contributed by atoms with Crippen LogP contribution in [0.25, 0.3) is 10.1 Å². The number of hydrogen-bond donors (Lipinski definition) is 0.